The van der Waals surface area contributed by atoms with E-state index in [1.54, 1.807) is 0 Å². The van der Waals surface area contributed by atoms with Crippen LogP contribution in [-0.2, 0) is 14.3 Å². The molecule has 0 radical (unpaired) electrons. The van der Waals surface area contributed by atoms with Crippen LogP contribution in [0.3, 0.4) is 0 Å². The Morgan fingerprint density at radius 2 is 1.30 bits per heavy atom. The third-order valence-corrected chi connectivity index (χ3v) is 11.3. The minimum Gasteiger partial charge on any atom is -0.386 e. The van der Waals surface area contributed by atoms with Gasteiger partial charge >= 0.3 is 11.9 Å². The monoisotopic (exact) mass is 396 g/mol. The molecule has 4 rings (SSSR count). The maximum Gasteiger partial charge on any atom is 0.348 e. The van der Waals surface area contributed by atoms with Crippen molar-refractivity contribution in [3.63, 3.8) is 0 Å². The second kappa shape index (κ2) is 7.66. The van der Waals surface area contributed by atoms with E-state index in [1.807, 2.05) is 60.7 Å². The first kappa shape index (κ1) is 18.5. The first-order chi connectivity index (χ1) is 13.1. The summed E-state index contributed by atoms with van der Waals surface area (Å²) >= 11 is 0. The average molecular weight is 396 g/mol. The highest BCUT2D eigenvalue weighted by molar-refractivity contribution is 7.79. The van der Waals surface area contributed by atoms with Crippen LogP contribution in [0.25, 0.3) is 0 Å². The summed E-state index contributed by atoms with van der Waals surface area (Å²) in [5, 5.41) is 3.48. The Labute approximate surface area is 162 Å². The van der Waals surface area contributed by atoms with Crippen molar-refractivity contribution in [1.82, 2.24) is 0 Å². The number of cyclic esters (lactones) is 2. The second-order valence-corrected chi connectivity index (χ2v) is 12.2. The van der Waals surface area contributed by atoms with Gasteiger partial charge in [-0.05, 0) is 42.7 Å². The average Bonchev–Trinajstić information content (AvgIpc) is 3.15. The van der Waals surface area contributed by atoms with Gasteiger partial charge in [0.25, 0.3) is 0 Å². The molecule has 0 aliphatic carbocycles. The molecule has 0 amide bonds. The molecule has 0 aromatic heterocycles. The quantitative estimate of drug-likeness (QED) is 0.435. The van der Waals surface area contributed by atoms with Gasteiger partial charge in [0.15, 0.2) is 0 Å². The fourth-order valence-electron chi connectivity index (χ4n) is 4.00. The van der Waals surface area contributed by atoms with Gasteiger partial charge in [0.05, 0.1) is 10.6 Å². The van der Waals surface area contributed by atoms with Crippen molar-refractivity contribution in [2.75, 3.05) is 0 Å². The van der Waals surface area contributed by atoms with Crippen LogP contribution in [0.1, 0.15) is 26.7 Å². The van der Waals surface area contributed by atoms with E-state index < -0.39 is 27.8 Å². The molecule has 2 atom stereocenters. The SMILES string of the molecule is C[C@@H]1CC[C@@H](C)P1C1=C(P(c2ccccc2)c2ccccc2)C(=O)OC1=O. The standard InChI is InChI=1S/C22H22O3P2/c1-15-13-14-16(2)26(15)19-20(22(24)25-21(19)23)27(17-9-5-3-6-10-17)18-11-7-4-8-12-18/h3-12,15-16H,13-14H2,1-2H3/t15-,16-/m1/s1. The predicted molar refractivity (Wildman–Crippen MR) is 112 cm³/mol. The van der Waals surface area contributed by atoms with Crippen LogP contribution in [0.15, 0.2) is 71.3 Å². The van der Waals surface area contributed by atoms with E-state index in [1.165, 1.54) is 0 Å². The fraction of sp³-hybridized carbons (Fsp3) is 0.273. The second-order valence-electron chi connectivity index (χ2n) is 7.06. The molecule has 2 aliphatic heterocycles. The Hall–Kier alpha value is -1.82. The number of ether oxygens (including phenoxy) is 1. The van der Waals surface area contributed by atoms with Gasteiger partial charge in [0.2, 0.25) is 0 Å². The lowest BCUT2D eigenvalue weighted by atomic mass is 10.2. The van der Waals surface area contributed by atoms with Gasteiger partial charge in [-0.15, -0.1) is 0 Å². The van der Waals surface area contributed by atoms with E-state index in [9.17, 15) is 9.59 Å². The van der Waals surface area contributed by atoms with Crippen LogP contribution in [-0.4, -0.2) is 23.3 Å². The first-order valence-electron chi connectivity index (χ1n) is 9.27. The van der Waals surface area contributed by atoms with Gasteiger partial charge in [0, 0.05) is 0 Å². The van der Waals surface area contributed by atoms with Gasteiger partial charge in [0.1, 0.15) is 0 Å². The molecular weight excluding hydrogens is 374 g/mol. The molecule has 1 fully saturated rings. The fourth-order valence-corrected chi connectivity index (χ4v) is 10.1. The van der Waals surface area contributed by atoms with E-state index in [0.717, 1.165) is 23.5 Å². The normalized spacial score (nSPS) is 23.4. The zero-order chi connectivity index (χ0) is 19.0. The van der Waals surface area contributed by atoms with Crippen molar-refractivity contribution < 1.29 is 14.3 Å². The van der Waals surface area contributed by atoms with Gasteiger partial charge in [-0.2, -0.15) is 0 Å². The highest BCUT2D eigenvalue weighted by atomic mass is 31.1. The minimum atomic E-state index is -1.11. The van der Waals surface area contributed by atoms with Crippen LogP contribution in [0.4, 0.5) is 0 Å². The van der Waals surface area contributed by atoms with E-state index in [0.29, 0.717) is 21.9 Å². The van der Waals surface area contributed by atoms with Gasteiger partial charge in [-0.3, -0.25) is 0 Å². The molecule has 0 spiro atoms. The molecule has 5 heteroatoms. The number of carbonyl (C=O) groups excluding carboxylic acids is 2. The summed E-state index contributed by atoms with van der Waals surface area (Å²) in [6, 6.07) is 20.1. The highest BCUT2D eigenvalue weighted by Crippen LogP contribution is 2.66. The van der Waals surface area contributed by atoms with Crippen molar-refractivity contribution in [2.45, 2.75) is 38.0 Å². The smallest absolute Gasteiger partial charge is 0.348 e. The van der Waals surface area contributed by atoms with Crippen LogP contribution in [0, 0.1) is 0 Å². The van der Waals surface area contributed by atoms with E-state index >= 15 is 0 Å². The van der Waals surface area contributed by atoms with Gasteiger partial charge < -0.3 is 4.74 Å². The number of esters is 2. The number of hydrogen-bond acceptors (Lipinski definition) is 3. The molecule has 1 saturated heterocycles. The summed E-state index contributed by atoms with van der Waals surface area (Å²) in [5.41, 5.74) is 0.892. The van der Waals surface area contributed by atoms with E-state index in [-0.39, 0.29) is 0 Å². The van der Waals surface area contributed by atoms with Crippen molar-refractivity contribution in [3.05, 3.63) is 71.3 Å². The van der Waals surface area contributed by atoms with Crippen LogP contribution >= 0.6 is 15.8 Å². The van der Waals surface area contributed by atoms with Crippen LogP contribution in [0.2, 0.25) is 0 Å². The Balaban J connectivity index is 1.93. The predicted octanol–water partition coefficient (Wildman–Crippen LogP) is 4.47. The maximum atomic E-state index is 12.9. The molecule has 2 aromatic carbocycles. The summed E-state index contributed by atoms with van der Waals surface area (Å²) in [6.07, 6.45) is 2.22. The molecule has 3 nitrogen and oxygen atoms in total. The summed E-state index contributed by atoms with van der Waals surface area (Å²) in [7, 11) is -1.80. The Kier molecular flexibility index (Phi) is 5.26. The summed E-state index contributed by atoms with van der Waals surface area (Å²) < 4.78 is 5.20. The third-order valence-electron chi connectivity index (χ3n) is 5.26. The number of carbonyl (C=O) groups is 2. The van der Waals surface area contributed by atoms with Gasteiger partial charge in [-0.1, -0.05) is 82.4 Å². The Bertz CT molecular complexity index is 843. The molecule has 27 heavy (non-hydrogen) atoms. The zero-order valence-corrected chi connectivity index (χ0v) is 17.3. The van der Waals surface area contributed by atoms with Crippen LogP contribution < -0.4 is 10.6 Å². The van der Waals surface area contributed by atoms with E-state index in [2.05, 4.69) is 13.8 Å². The minimum absolute atomic E-state index is 0.402. The van der Waals surface area contributed by atoms with E-state index in [4.69, 9.17) is 4.74 Å². The molecule has 0 saturated carbocycles. The lowest BCUT2D eigenvalue weighted by molar-refractivity contribution is -0.150. The largest absolute Gasteiger partial charge is 0.386 e. The lowest BCUT2D eigenvalue weighted by Gasteiger charge is -2.24. The molecule has 0 unspecified atom stereocenters. The molecule has 2 aromatic rings. The first-order valence-corrected chi connectivity index (χ1v) is 12.1. The van der Waals surface area contributed by atoms with Crippen molar-refractivity contribution in [1.29, 1.82) is 0 Å². The molecular formula is C22H22O3P2. The topological polar surface area (TPSA) is 43.4 Å². The highest BCUT2D eigenvalue weighted by Gasteiger charge is 2.46. The number of rotatable bonds is 4. The molecule has 138 valence electrons. The van der Waals surface area contributed by atoms with Crippen molar-refractivity contribution in [3.8, 4) is 0 Å². The Morgan fingerprint density at radius 1 is 0.815 bits per heavy atom. The Morgan fingerprint density at radius 3 is 1.78 bits per heavy atom. The number of benzene rings is 2. The molecule has 0 bridgehead atoms. The third kappa shape index (κ3) is 3.40. The van der Waals surface area contributed by atoms with Crippen molar-refractivity contribution in [2.24, 2.45) is 0 Å². The maximum absolute atomic E-state index is 12.9. The summed E-state index contributed by atoms with van der Waals surface area (Å²) in [6.45, 7) is 4.42. The zero-order valence-electron chi connectivity index (χ0n) is 15.5. The van der Waals surface area contributed by atoms with Crippen LogP contribution in [0.5, 0.6) is 0 Å². The molecule has 0 N–H and O–H groups in total. The van der Waals surface area contributed by atoms with Crippen molar-refractivity contribution >= 4 is 38.4 Å². The summed E-state index contributed by atoms with van der Waals surface area (Å²) in [4.78, 5) is 25.6. The lowest BCUT2D eigenvalue weighted by Crippen LogP contribution is -2.16. The molecule has 2 heterocycles. The molecule has 2 aliphatic rings. The summed E-state index contributed by atoms with van der Waals surface area (Å²) in [5.74, 6) is -0.844. The number of hydrogen-bond donors (Lipinski definition) is 0. The van der Waals surface area contributed by atoms with Gasteiger partial charge in [-0.25, -0.2) is 9.59 Å².